The van der Waals surface area contributed by atoms with E-state index < -0.39 is 15.9 Å². The minimum absolute atomic E-state index is 0.0754. The van der Waals surface area contributed by atoms with E-state index in [1.54, 1.807) is 66.7 Å². The van der Waals surface area contributed by atoms with Gasteiger partial charge in [0.2, 0.25) is 0 Å². The quantitative estimate of drug-likeness (QED) is 0.188. The van der Waals surface area contributed by atoms with Gasteiger partial charge in [0.15, 0.2) is 5.11 Å². The van der Waals surface area contributed by atoms with Crippen molar-refractivity contribution in [2.45, 2.75) is 4.90 Å². The van der Waals surface area contributed by atoms with Crippen LogP contribution in [0.15, 0.2) is 114 Å². The molecule has 38 heavy (non-hydrogen) atoms. The summed E-state index contributed by atoms with van der Waals surface area (Å²) in [5.41, 5.74) is 1.39. The molecule has 0 unspecified atom stereocenters. The van der Waals surface area contributed by atoms with Crippen molar-refractivity contribution in [2.24, 2.45) is 0 Å². The summed E-state index contributed by atoms with van der Waals surface area (Å²) in [4.78, 5) is 12.6. The summed E-state index contributed by atoms with van der Waals surface area (Å²) in [5.74, 6) is 0.983. The van der Waals surface area contributed by atoms with Crippen molar-refractivity contribution in [1.82, 2.24) is 5.32 Å². The fraction of sp³-hybridized carbons (Fsp3) is 0.0714. The maximum atomic E-state index is 12.6. The van der Waals surface area contributed by atoms with Crippen LogP contribution in [0.1, 0.15) is 10.4 Å². The van der Waals surface area contributed by atoms with Crippen LogP contribution < -0.4 is 24.8 Å². The number of nitrogens with one attached hydrogen (secondary N) is 3. The van der Waals surface area contributed by atoms with Crippen molar-refractivity contribution in [2.75, 3.05) is 23.3 Å². The van der Waals surface area contributed by atoms with Crippen molar-refractivity contribution in [3.8, 4) is 11.5 Å². The monoisotopic (exact) mass is 547 g/mol. The number of hydrogen-bond acceptors (Lipinski definition) is 6. The van der Waals surface area contributed by atoms with Crippen LogP contribution in [0.5, 0.6) is 11.5 Å². The SMILES string of the molecule is O=C(NC(=S)Nc1ccc(S(=O)(=O)Nc2ccccc2)cc1)c1ccc(OCCOc2ccccc2)cc1. The number of anilines is 2. The highest BCUT2D eigenvalue weighted by atomic mass is 32.2. The topological polar surface area (TPSA) is 106 Å². The molecule has 0 aliphatic heterocycles. The first-order valence-corrected chi connectivity index (χ1v) is 13.5. The van der Waals surface area contributed by atoms with Crippen LogP contribution in [-0.4, -0.2) is 32.7 Å². The molecule has 0 aliphatic rings. The molecule has 0 saturated heterocycles. The molecule has 4 aromatic rings. The van der Waals surface area contributed by atoms with Gasteiger partial charge in [-0.05, 0) is 85.0 Å². The third kappa shape index (κ3) is 7.79. The van der Waals surface area contributed by atoms with E-state index in [9.17, 15) is 13.2 Å². The number of ether oxygens (including phenoxy) is 2. The summed E-state index contributed by atoms with van der Waals surface area (Å²) in [6, 6.07) is 30.7. The molecule has 0 atom stereocenters. The van der Waals surface area contributed by atoms with E-state index in [1.807, 2.05) is 30.3 Å². The average molecular weight is 548 g/mol. The number of hydrogen-bond donors (Lipinski definition) is 3. The molecule has 1 amide bonds. The Balaban J connectivity index is 1.23. The standard InChI is InChI=1S/C28H25N3O5S2/c32-27(21-11-15-25(16-12-21)36-20-19-35-24-9-5-2-6-10-24)30-28(37)29-22-13-17-26(18-14-22)38(33,34)31-23-7-3-1-4-8-23/h1-18,31H,19-20H2,(H2,29,30,32,37). The lowest BCUT2D eigenvalue weighted by Gasteiger charge is -2.12. The molecule has 4 rings (SSSR count). The molecule has 4 aromatic carbocycles. The van der Waals surface area contributed by atoms with Crippen molar-refractivity contribution in [1.29, 1.82) is 0 Å². The van der Waals surface area contributed by atoms with Crippen molar-refractivity contribution in [3.05, 3.63) is 115 Å². The second kappa shape index (κ2) is 12.7. The summed E-state index contributed by atoms with van der Waals surface area (Å²) in [5, 5.41) is 5.55. The minimum Gasteiger partial charge on any atom is -0.490 e. The molecule has 0 radical (unpaired) electrons. The van der Waals surface area contributed by atoms with E-state index in [4.69, 9.17) is 21.7 Å². The molecule has 3 N–H and O–H groups in total. The lowest BCUT2D eigenvalue weighted by atomic mass is 10.2. The number of rotatable bonds is 10. The Hall–Kier alpha value is -4.41. The van der Waals surface area contributed by atoms with Gasteiger partial charge < -0.3 is 14.8 Å². The molecular weight excluding hydrogens is 522 g/mol. The highest BCUT2D eigenvalue weighted by Gasteiger charge is 2.14. The van der Waals surface area contributed by atoms with Crippen LogP contribution in [0.4, 0.5) is 11.4 Å². The van der Waals surface area contributed by atoms with Gasteiger partial charge in [-0.1, -0.05) is 36.4 Å². The smallest absolute Gasteiger partial charge is 0.261 e. The van der Waals surface area contributed by atoms with E-state index in [-0.39, 0.29) is 10.0 Å². The Morgan fingerprint density at radius 3 is 1.84 bits per heavy atom. The molecule has 194 valence electrons. The number of thiocarbonyl (C=S) groups is 1. The van der Waals surface area contributed by atoms with E-state index in [1.165, 1.54) is 12.1 Å². The van der Waals surface area contributed by atoms with Gasteiger partial charge in [-0.25, -0.2) is 8.42 Å². The Morgan fingerprint density at radius 1 is 0.684 bits per heavy atom. The van der Waals surface area contributed by atoms with Crippen LogP contribution in [0.3, 0.4) is 0 Å². The molecule has 0 heterocycles. The Labute approximate surface area is 226 Å². The van der Waals surface area contributed by atoms with Gasteiger partial charge >= 0.3 is 0 Å². The fourth-order valence-corrected chi connectivity index (χ4v) is 4.58. The molecule has 0 fully saturated rings. The van der Waals surface area contributed by atoms with E-state index in [0.29, 0.717) is 35.9 Å². The zero-order valence-electron chi connectivity index (χ0n) is 20.2. The highest BCUT2D eigenvalue weighted by Crippen LogP contribution is 2.18. The van der Waals surface area contributed by atoms with Gasteiger partial charge in [-0.3, -0.25) is 14.8 Å². The van der Waals surface area contributed by atoms with Gasteiger partial charge in [-0.15, -0.1) is 0 Å². The largest absolute Gasteiger partial charge is 0.490 e. The second-order valence-electron chi connectivity index (χ2n) is 7.94. The zero-order valence-corrected chi connectivity index (χ0v) is 21.8. The summed E-state index contributed by atoms with van der Waals surface area (Å²) < 4.78 is 38.9. The maximum absolute atomic E-state index is 12.6. The summed E-state index contributed by atoms with van der Waals surface area (Å²) in [6.07, 6.45) is 0. The molecule has 10 heteroatoms. The van der Waals surface area contributed by atoms with Crippen LogP contribution in [0, 0.1) is 0 Å². The first-order valence-electron chi connectivity index (χ1n) is 11.6. The lowest BCUT2D eigenvalue weighted by molar-refractivity contribution is 0.0977. The number of carbonyl (C=O) groups is 1. The Kier molecular flexibility index (Phi) is 8.91. The third-order valence-electron chi connectivity index (χ3n) is 5.16. The first kappa shape index (κ1) is 26.6. The van der Waals surface area contributed by atoms with Crippen LogP contribution in [0.2, 0.25) is 0 Å². The second-order valence-corrected chi connectivity index (χ2v) is 10.0. The van der Waals surface area contributed by atoms with Crippen molar-refractivity contribution >= 4 is 44.6 Å². The predicted octanol–water partition coefficient (Wildman–Crippen LogP) is 5.07. The first-order chi connectivity index (χ1) is 18.4. The molecule has 0 aromatic heterocycles. The maximum Gasteiger partial charge on any atom is 0.261 e. The zero-order chi connectivity index (χ0) is 26.8. The van der Waals surface area contributed by atoms with Gasteiger partial charge in [0, 0.05) is 16.9 Å². The molecule has 8 nitrogen and oxygen atoms in total. The Morgan fingerprint density at radius 2 is 1.24 bits per heavy atom. The van der Waals surface area contributed by atoms with Crippen LogP contribution in [-0.2, 0) is 10.0 Å². The number of sulfonamides is 1. The van der Waals surface area contributed by atoms with E-state index >= 15 is 0 Å². The lowest BCUT2D eigenvalue weighted by Crippen LogP contribution is -2.34. The Bertz CT molecular complexity index is 1460. The number of amides is 1. The van der Waals surface area contributed by atoms with Crippen LogP contribution in [0.25, 0.3) is 0 Å². The van der Waals surface area contributed by atoms with Crippen LogP contribution >= 0.6 is 12.2 Å². The molecular formula is C28H25N3O5S2. The van der Waals surface area contributed by atoms with E-state index in [0.717, 1.165) is 5.75 Å². The molecule has 0 spiro atoms. The fourth-order valence-electron chi connectivity index (χ4n) is 3.31. The minimum atomic E-state index is -3.74. The van der Waals surface area contributed by atoms with E-state index in [2.05, 4.69) is 15.4 Å². The third-order valence-corrected chi connectivity index (χ3v) is 6.76. The molecule has 0 aliphatic carbocycles. The highest BCUT2D eigenvalue weighted by molar-refractivity contribution is 7.92. The van der Waals surface area contributed by atoms with Gasteiger partial charge in [0.05, 0.1) is 4.90 Å². The molecule has 0 bridgehead atoms. The summed E-state index contributed by atoms with van der Waals surface area (Å²) in [7, 11) is -3.74. The predicted molar refractivity (Wildman–Crippen MR) is 151 cm³/mol. The number of para-hydroxylation sites is 2. The van der Waals surface area contributed by atoms with Gasteiger partial charge in [-0.2, -0.15) is 0 Å². The van der Waals surface area contributed by atoms with Gasteiger partial charge in [0.25, 0.3) is 15.9 Å². The average Bonchev–Trinajstić information content (AvgIpc) is 2.92. The number of carbonyl (C=O) groups excluding carboxylic acids is 1. The summed E-state index contributed by atoms with van der Waals surface area (Å²) >= 11 is 5.23. The van der Waals surface area contributed by atoms with Gasteiger partial charge in [0.1, 0.15) is 24.7 Å². The van der Waals surface area contributed by atoms with Crippen molar-refractivity contribution < 1.29 is 22.7 Å². The normalized spacial score (nSPS) is 10.7. The molecule has 0 saturated carbocycles. The number of benzene rings is 4. The summed E-state index contributed by atoms with van der Waals surface area (Å²) in [6.45, 7) is 0.749. The van der Waals surface area contributed by atoms with Crippen molar-refractivity contribution in [3.63, 3.8) is 0 Å².